The molecule has 2 N–H and O–H groups in total. The second-order valence-corrected chi connectivity index (χ2v) is 19.4. The maximum Gasteiger partial charge on any atom is 0.472 e. The number of carbonyl (C=O) groups excluding carboxylic acids is 3. The number of aliphatic hydroxyl groups is 1. The summed E-state index contributed by atoms with van der Waals surface area (Å²) in [6.07, 6.45) is 63.4. The number of carbonyl (C=O) groups is 3. The van der Waals surface area contributed by atoms with Gasteiger partial charge in [-0.05, 0) is 122 Å². The van der Waals surface area contributed by atoms with E-state index in [1.807, 2.05) is 0 Å². The van der Waals surface area contributed by atoms with E-state index in [1.165, 1.54) is 38.5 Å². The first-order valence-electron chi connectivity index (χ1n) is 27.8. The third-order valence-electron chi connectivity index (χ3n) is 11.2. The van der Waals surface area contributed by atoms with E-state index in [0.717, 1.165) is 116 Å². The number of phosphoric acid groups is 1. The minimum absolute atomic E-state index is 0.133. The van der Waals surface area contributed by atoms with Crippen LogP contribution in [0.25, 0.3) is 0 Å². The van der Waals surface area contributed by atoms with Gasteiger partial charge in [-0.1, -0.05) is 182 Å². The van der Waals surface area contributed by atoms with Gasteiger partial charge in [-0.3, -0.25) is 23.4 Å². The minimum atomic E-state index is -4.77. The van der Waals surface area contributed by atoms with Gasteiger partial charge in [-0.25, -0.2) is 4.57 Å². The summed E-state index contributed by atoms with van der Waals surface area (Å²) < 4.78 is 39.4. The predicted molar refractivity (Wildman–Crippen MR) is 297 cm³/mol. The van der Waals surface area contributed by atoms with Crippen molar-refractivity contribution in [2.24, 2.45) is 0 Å². The van der Waals surface area contributed by atoms with Crippen LogP contribution in [-0.4, -0.2) is 66.5 Å². The molecule has 0 aliphatic rings. The number of rotatable bonds is 50. The predicted octanol–water partition coefficient (Wildman–Crippen LogP) is 16.2. The van der Waals surface area contributed by atoms with E-state index in [2.05, 4.69) is 130 Å². The van der Waals surface area contributed by atoms with Crippen molar-refractivity contribution in [1.29, 1.82) is 0 Å². The highest BCUT2D eigenvalue weighted by Gasteiger charge is 2.28. The zero-order valence-electron chi connectivity index (χ0n) is 45.1. The number of ether oxygens (including phenoxy) is 3. The van der Waals surface area contributed by atoms with Crippen LogP contribution in [-0.2, 0) is 42.2 Å². The van der Waals surface area contributed by atoms with Crippen molar-refractivity contribution in [3.63, 3.8) is 0 Å². The first-order valence-corrected chi connectivity index (χ1v) is 29.3. The van der Waals surface area contributed by atoms with Crippen LogP contribution in [0, 0.1) is 0 Å². The molecule has 3 atom stereocenters. The van der Waals surface area contributed by atoms with Gasteiger partial charge in [0.25, 0.3) is 0 Å². The fourth-order valence-corrected chi connectivity index (χ4v) is 7.76. The van der Waals surface area contributed by atoms with Gasteiger partial charge in [0.2, 0.25) is 0 Å². The summed E-state index contributed by atoms with van der Waals surface area (Å²) >= 11 is 0. The lowest BCUT2D eigenvalue weighted by Gasteiger charge is -2.21. The Morgan fingerprint density at radius 3 is 1.15 bits per heavy atom. The van der Waals surface area contributed by atoms with E-state index >= 15 is 0 Å². The van der Waals surface area contributed by atoms with E-state index in [-0.39, 0.29) is 25.9 Å². The van der Waals surface area contributed by atoms with E-state index in [4.69, 9.17) is 23.3 Å². The van der Waals surface area contributed by atoms with Gasteiger partial charge >= 0.3 is 25.7 Å². The Bertz CT molecular complexity index is 1620. The van der Waals surface area contributed by atoms with Crippen molar-refractivity contribution in [3.8, 4) is 0 Å². The molecule has 12 heteroatoms. The van der Waals surface area contributed by atoms with Crippen LogP contribution in [0.3, 0.4) is 0 Å². The lowest BCUT2D eigenvalue weighted by Crippen LogP contribution is -2.30. The molecular formula is C60H99O11P. The van der Waals surface area contributed by atoms with Gasteiger partial charge < -0.3 is 24.2 Å². The van der Waals surface area contributed by atoms with Crippen LogP contribution in [0.2, 0.25) is 0 Å². The Morgan fingerprint density at radius 1 is 0.403 bits per heavy atom. The summed E-state index contributed by atoms with van der Waals surface area (Å²) in [5.74, 6) is -1.57. The van der Waals surface area contributed by atoms with Gasteiger partial charge in [0.1, 0.15) is 12.7 Å². The van der Waals surface area contributed by atoms with Gasteiger partial charge in [0, 0.05) is 19.3 Å². The Labute approximate surface area is 437 Å². The van der Waals surface area contributed by atoms with E-state index < -0.39 is 57.8 Å². The number of unbranched alkanes of at least 4 members (excludes halogenated alkanes) is 15. The van der Waals surface area contributed by atoms with Crippen molar-refractivity contribution >= 4 is 25.7 Å². The zero-order chi connectivity index (χ0) is 52.7. The average Bonchev–Trinajstić information content (AvgIpc) is 3.37. The van der Waals surface area contributed by atoms with Crippen molar-refractivity contribution < 1.29 is 52.2 Å². The zero-order valence-corrected chi connectivity index (χ0v) is 46.0. The van der Waals surface area contributed by atoms with Gasteiger partial charge in [0.05, 0.1) is 19.8 Å². The second kappa shape index (κ2) is 53.4. The number of aliphatic hydroxyl groups excluding tert-OH is 1. The molecule has 0 saturated heterocycles. The molecule has 0 fully saturated rings. The molecule has 0 aliphatic carbocycles. The monoisotopic (exact) mass is 1030 g/mol. The van der Waals surface area contributed by atoms with Crippen molar-refractivity contribution in [2.45, 2.75) is 226 Å². The molecular weight excluding hydrogens is 928 g/mol. The highest BCUT2D eigenvalue weighted by molar-refractivity contribution is 7.47. The molecule has 0 heterocycles. The Hall–Kier alpha value is -3.86. The highest BCUT2D eigenvalue weighted by atomic mass is 31.2. The molecule has 3 unspecified atom stereocenters. The summed E-state index contributed by atoms with van der Waals surface area (Å²) in [5, 5.41) is 9.79. The van der Waals surface area contributed by atoms with Crippen LogP contribution in [0.4, 0.5) is 0 Å². The van der Waals surface area contributed by atoms with Crippen molar-refractivity contribution in [1.82, 2.24) is 0 Å². The first kappa shape index (κ1) is 68.1. The molecule has 72 heavy (non-hydrogen) atoms. The lowest BCUT2D eigenvalue weighted by molar-refractivity contribution is -0.161. The minimum Gasteiger partial charge on any atom is -0.462 e. The van der Waals surface area contributed by atoms with Gasteiger partial charge in [-0.15, -0.1) is 0 Å². The third-order valence-corrected chi connectivity index (χ3v) is 12.1. The maximum atomic E-state index is 12.9. The molecule has 0 aromatic rings. The number of esters is 3. The number of phosphoric ester groups is 1. The summed E-state index contributed by atoms with van der Waals surface area (Å²) in [6.45, 7) is 4.28. The molecule has 0 aromatic heterocycles. The SMILES string of the molecule is CC/C=C\C/C=C\C/C=C\C/C=C\CCCCC(=O)OCC(COP(=O)(O)OCC(CO)OC(=O)CCCCC/C=C\C/C=C\C/C=C\CC)OC(=O)CCCCCCCCC/C=C\C/C=C\CCCCC. The van der Waals surface area contributed by atoms with E-state index in [1.54, 1.807) is 0 Å². The number of hydrogen-bond acceptors (Lipinski definition) is 10. The molecule has 0 radical (unpaired) electrons. The molecule has 0 spiro atoms. The number of allylic oxidation sites excluding steroid dienone is 18. The third kappa shape index (κ3) is 51.1. The fraction of sp³-hybridized carbons (Fsp3) is 0.650. The summed E-state index contributed by atoms with van der Waals surface area (Å²) in [4.78, 5) is 48.4. The van der Waals surface area contributed by atoms with Gasteiger partial charge in [-0.2, -0.15) is 0 Å². The van der Waals surface area contributed by atoms with Crippen molar-refractivity contribution in [2.75, 3.05) is 26.4 Å². The highest BCUT2D eigenvalue weighted by Crippen LogP contribution is 2.43. The molecule has 0 amide bonds. The molecule has 0 bridgehead atoms. The molecule has 0 aromatic carbocycles. The smallest absolute Gasteiger partial charge is 0.462 e. The van der Waals surface area contributed by atoms with Crippen LogP contribution < -0.4 is 0 Å². The van der Waals surface area contributed by atoms with Crippen LogP contribution in [0.1, 0.15) is 213 Å². The largest absolute Gasteiger partial charge is 0.472 e. The topological polar surface area (TPSA) is 155 Å². The summed E-state index contributed by atoms with van der Waals surface area (Å²) in [6, 6.07) is 0. The summed E-state index contributed by atoms with van der Waals surface area (Å²) in [7, 11) is -4.77. The molecule has 0 rings (SSSR count). The van der Waals surface area contributed by atoms with E-state index in [9.17, 15) is 28.9 Å². The molecule has 0 saturated carbocycles. The standard InChI is InChI=1S/C60H99O11P/c1-4-7-10-13-16-19-22-25-27-28-30-33-36-39-42-45-48-51-60(64)71-57(53-67-58(62)49-46-43-40-37-34-32-29-26-23-20-17-14-11-8-5-2)55-69-72(65,66)68-54-56(52-61)70-59(63)50-47-44-41-38-35-31-24-21-18-15-12-9-6-3/h8-9,11-12,16-21,25-27,29,31,34-35,37,56-57,61H,4-7,10,13-15,22-24,28,30,32-33,36,38-55H2,1-3H3,(H,65,66)/b11-8-,12-9-,19-16-,20-17-,21-18-,27-25-,29-26-,35-31-,37-34-. The Morgan fingerprint density at radius 2 is 0.722 bits per heavy atom. The molecule has 0 aliphatic heterocycles. The first-order chi connectivity index (χ1) is 35.2. The normalized spacial score (nSPS) is 14.2. The Balaban J connectivity index is 4.85. The van der Waals surface area contributed by atoms with Crippen LogP contribution in [0.15, 0.2) is 109 Å². The lowest BCUT2D eigenvalue weighted by atomic mass is 10.1. The van der Waals surface area contributed by atoms with Gasteiger partial charge in [0.15, 0.2) is 6.10 Å². The average molecular weight is 1030 g/mol. The second-order valence-electron chi connectivity index (χ2n) is 18.0. The summed E-state index contributed by atoms with van der Waals surface area (Å²) in [5.41, 5.74) is 0. The Kier molecular flexibility index (Phi) is 50.6. The van der Waals surface area contributed by atoms with Crippen LogP contribution >= 0.6 is 7.82 Å². The van der Waals surface area contributed by atoms with Crippen molar-refractivity contribution in [3.05, 3.63) is 109 Å². The molecule has 11 nitrogen and oxygen atoms in total. The number of hydrogen-bond donors (Lipinski definition) is 2. The van der Waals surface area contributed by atoms with E-state index in [0.29, 0.717) is 19.3 Å². The molecule has 410 valence electrons. The van der Waals surface area contributed by atoms with Crippen LogP contribution in [0.5, 0.6) is 0 Å². The fourth-order valence-electron chi connectivity index (χ4n) is 6.98. The maximum absolute atomic E-state index is 12.9. The quantitative estimate of drug-likeness (QED) is 0.0197.